The maximum absolute atomic E-state index is 11.7. The molecule has 0 atom stereocenters. The summed E-state index contributed by atoms with van der Waals surface area (Å²) in [5, 5.41) is 13.4. The highest BCUT2D eigenvalue weighted by Gasteiger charge is 2.14. The number of nitrogens with one attached hydrogen (secondary N) is 2. The molecule has 1 aliphatic heterocycles. The average molecular weight is 252 g/mol. The molecule has 3 rings (SSSR count). The molecule has 0 unspecified atom stereocenters. The van der Waals surface area contributed by atoms with E-state index in [4.69, 9.17) is 0 Å². The minimum absolute atomic E-state index is 0.141. The van der Waals surface area contributed by atoms with Crippen LogP contribution in [0.5, 0.6) is 0 Å². The Morgan fingerprint density at radius 1 is 1.16 bits per heavy atom. The Bertz CT molecular complexity index is 747. The molecule has 2 N–H and O–H groups in total. The van der Waals surface area contributed by atoms with Crippen LogP contribution >= 0.6 is 0 Å². The lowest BCUT2D eigenvalue weighted by Crippen LogP contribution is -2.06. The summed E-state index contributed by atoms with van der Waals surface area (Å²) in [5.41, 5.74) is 3.85. The fourth-order valence-electron chi connectivity index (χ4n) is 1.98. The Hall–Kier alpha value is -2.69. The van der Waals surface area contributed by atoms with Crippen molar-refractivity contribution in [1.29, 1.82) is 0 Å². The van der Waals surface area contributed by atoms with Crippen LogP contribution in [-0.2, 0) is 0 Å². The van der Waals surface area contributed by atoms with Crippen molar-refractivity contribution in [3.63, 3.8) is 0 Å². The van der Waals surface area contributed by atoms with Crippen LogP contribution in [0.1, 0.15) is 16.8 Å². The number of allylic oxidation sites excluding steroid dienone is 1. The number of aromatic nitrogens is 2. The highest BCUT2D eigenvalue weighted by molar-refractivity contribution is 6.28. The molecule has 0 bridgehead atoms. The second-order valence-electron chi connectivity index (χ2n) is 4.28. The lowest BCUT2D eigenvalue weighted by atomic mass is 10.0. The van der Waals surface area contributed by atoms with Gasteiger partial charge in [-0.3, -0.25) is 9.89 Å². The molecule has 2 aromatic rings. The predicted molar refractivity (Wildman–Crippen MR) is 75.6 cm³/mol. The smallest absolute Gasteiger partial charge is 0.271 e. The number of hydrogen-bond acceptors (Lipinski definition) is 3. The largest absolute Gasteiger partial charge is 0.302 e. The zero-order valence-corrected chi connectivity index (χ0v) is 10.3. The zero-order chi connectivity index (χ0) is 13.2. The van der Waals surface area contributed by atoms with Gasteiger partial charge >= 0.3 is 0 Å². The second kappa shape index (κ2) is 4.53. The van der Waals surface area contributed by atoms with Crippen molar-refractivity contribution in [2.24, 2.45) is 10.2 Å². The van der Waals surface area contributed by atoms with Crippen molar-refractivity contribution >= 4 is 18.0 Å². The molecule has 2 heterocycles. The van der Waals surface area contributed by atoms with Gasteiger partial charge in [0, 0.05) is 16.8 Å². The third-order valence-corrected chi connectivity index (χ3v) is 2.99. The normalized spacial score (nSPS) is 16.1. The van der Waals surface area contributed by atoms with Crippen molar-refractivity contribution in [1.82, 2.24) is 10.2 Å². The monoisotopic (exact) mass is 252 g/mol. The molecular formula is C14H12N4O. The van der Waals surface area contributed by atoms with Gasteiger partial charge in [-0.1, -0.05) is 30.3 Å². The number of aromatic amines is 2. The first-order valence-electron chi connectivity index (χ1n) is 5.91. The van der Waals surface area contributed by atoms with Gasteiger partial charge in [-0.2, -0.15) is 5.10 Å². The summed E-state index contributed by atoms with van der Waals surface area (Å²) in [4.78, 5) is 11.7. The van der Waals surface area contributed by atoms with E-state index in [1.54, 1.807) is 12.3 Å². The molecule has 94 valence electrons. The molecule has 0 saturated heterocycles. The Kier molecular flexibility index (Phi) is 2.72. The molecule has 1 aromatic heterocycles. The van der Waals surface area contributed by atoms with E-state index in [0.717, 1.165) is 22.5 Å². The quantitative estimate of drug-likeness (QED) is 0.841. The Morgan fingerprint density at radius 3 is 2.63 bits per heavy atom. The number of rotatable bonds is 2. The van der Waals surface area contributed by atoms with E-state index in [0.29, 0.717) is 5.56 Å². The van der Waals surface area contributed by atoms with Crippen LogP contribution in [0.3, 0.4) is 0 Å². The number of aryl methyl sites for hydroxylation is 1. The van der Waals surface area contributed by atoms with Gasteiger partial charge in [0.15, 0.2) is 0 Å². The summed E-state index contributed by atoms with van der Waals surface area (Å²) < 4.78 is 0. The topological polar surface area (TPSA) is 73.4 Å². The van der Waals surface area contributed by atoms with E-state index in [-0.39, 0.29) is 5.56 Å². The van der Waals surface area contributed by atoms with Crippen LogP contribution in [-0.4, -0.2) is 22.1 Å². The standard InChI is InChI=1S/C14H12N4O/c1-9-12(14(19)18-16-9)7-11-8-15-17-13(11)10-5-3-2-4-6-10/h2-8H,1H3,(H2,16,18,19)/b11-7+. The van der Waals surface area contributed by atoms with E-state index in [9.17, 15) is 4.79 Å². The van der Waals surface area contributed by atoms with E-state index >= 15 is 0 Å². The molecular weight excluding hydrogens is 240 g/mol. The van der Waals surface area contributed by atoms with Crippen molar-refractivity contribution in [2.75, 3.05) is 0 Å². The van der Waals surface area contributed by atoms with Gasteiger partial charge < -0.3 is 5.10 Å². The van der Waals surface area contributed by atoms with Gasteiger partial charge in [0.1, 0.15) is 5.71 Å². The molecule has 19 heavy (non-hydrogen) atoms. The van der Waals surface area contributed by atoms with Crippen LogP contribution in [0.25, 0.3) is 6.08 Å². The zero-order valence-electron chi connectivity index (χ0n) is 10.3. The summed E-state index contributed by atoms with van der Waals surface area (Å²) in [6.45, 7) is 1.84. The molecule has 0 saturated carbocycles. The molecule has 5 heteroatoms. The third kappa shape index (κ3) is 2.06. The Labute approximate surface area is 109 Å². The van der Waals surface area contributed by atoms with Crippen LogP contribution in [0, 0.1) is 6.92 Å². The SMILES string of the molecule is Cc1[nH][nH]c(=O)c1/C=C1\C=NN=C1c1ccccc1. The van der Waals surface area contributed by atoms with E-state index in [2.05, 4.69) is 20.4 Å². The van der Waals surface area contributed by atoms with Crippen molar-refractivity contribution in [3.05, 3.63) is 63.1 Å². The number of benzene rings is 1. The second-order valence-corrected chi connectivity index (χ2v) is 4.28. The molecule has 0 radical (unpaired) electrons. The summed E-state index contributed by atoms with van der Waals surface area (Å²) in [7, 11) is 0. The third-order valence-electron chi connectivity index (χ3n) is 2.99. The van der Waals surface area contributed by atoms with Crippen LogP contribution in [0.4, 0.5) is 0 Å². The molecule has 0 spiro atoms. The molecule has 0 fully saturated rings. The first-order chi connectivity index (χ1) is 9.25. The van der Waals surface area contributed by atoms with E-state index < -0.39 is 0 Å². The number of hydrogen-bond donors (Lipinski definition) is 2. The van der Waals surface area contributed by atoms with Crippen LogP contribution in [0.2, 0.25) is 0 Å². The minimum atomic E-state index is -0.141. The maximum Gasteiger partial charge on any atom is 0.271 e. The molecule has 5 nitrogen and oxygen atoms in total. The lowest BCUT2D eigenvalue weighted by Gasteiger charge is -2.01. The van der Waals surface area contributed by atoms with Crippen LogP contribution < -0.4 is 5.56 Å². The summed E-state index contributed by atoms with van der Waals surface area (Å²) in [6, 6.07) is 9.78. The Morgan fingerprint density at radius 2 is 1.95 bits per heavy atom. The fourth-order valence-corrected chi connectivity index (χ4v) is 1.98. The fraction of sp³-hybridized carbons (Fsp3) is 0.0714. The summed E-state index contributed by atoms with van der Waals surface area (Å²) >= 11 is 0. The van der Waals surface area contributed by atoms with Gasteiger partial charge in [0.05, 0.1) is 11.8 Å². The van der Waals surface area contributed by atoms with E-state index in [1.165, 1.54) is 0 Å². The highest BCUT2D eigenvalue weighted by Crippen LogP contribution is 2.16. The molecule has 1 aliphatic rings. The van der Waals surface area contributed by atoms with Gasteiger partial charge in [-0.25, -0.2) is 0 Å². The van der Waals surface area contributed by atoms with Gasteiger partial charge in [0.25, 0.3) is 5.56 Å². The van der Waals surface area contributed by atoms with Crippen molar-refractivity contribution in [3.8, 4) is 0 Å². The lowest BCUT2D eigenvalue weighted by molar-refractivity contribution is 1.02. The first kappa shape index (κ1) is 11.4. The average Bonchev–Trinajstić information content (AvgIpc) is 3.02. The van der Waals surface area contributed by atoms with Crippen LogP contribution in [0.15, 0.2) is 50.9 Å². The van der Waals surface area contributed by atoms with Crippen molar-refractivity contribution < 1.29 is 0 Å². The molecule has 0 aliphatic carbocycles. The minimum Gasteiger partial charge on any atom is -0.302 e. The van der Waals surface area contributed by atoms with Gasteiger partial charge in [-0.05, 0) is 13.0 Å². The van der Waals surface area contributed by atoms with Gasteiger partial charge in [0.2, 0.25) is 0 Å². The molecule has 1 aromatic carbocycles. The maximum atomic E-state index is 11.7. The number of nitrogens with zero attached hydrogens (tertiary/aromatic N) is 2. The van der Waals surface area contributed by atoms with Gasteiger partial charge in [-0.15, -0.1) is 5.10 Å². The van der Waals surface area contributed by atoms with Crippen molar-refractivity contribution in [2.45, 2.75) is 6.92 Å². The Balaban J connectivity index is 2.05. The van der Waals surface area contributed by atoms with E-state index in [1.807, 2.05) is 37.3 Å². The first-order valence-corrected chi connectivity index (χ1v) is 5.91. The molecule has 0 amide bonds. The highest BCUT2D eigenvalue weighted by atomic mass is 16.1. The summed E-state index contributed by atoms with van der Waals surface area (Å²) in [6.07, 6.45) is 3.46. The predicted octanol–water partition coefficient (Wildman–Crippen LogP) is 1.88. The summed E-state index contributed by atoms with van der Waals surface area (Å²) in [5.74, 6) is 0. The number of H-pyrrole nitrogens is 2.